The molecule has 0 aliphatic heterocycles. The van der Waals surface area contributed by atoms with Gasteiger partial charge >= 0.3 is 0 Å². The molecule has 0 aliphatic rings. The molecule has 1 aromatic rings. The fourth-order valence-electron chi connectivity index (χ4n) is 2.92. The van der Waals surface area contributed by atoms with Crippen molar-refractivity contribution in [3.63, 3.8) is 0 Å². The highest BCUT2D eigenvalue weighted by molar-refractivity contribution is 5.42. The minimum Gasteiger partial charge on any atom is -0.493 e. The summed E-state index contributed by atoms with van der Waals surface area (Å²) in [6.07, 6.45) is 5.78. The Kier molecular flexibility index (Phi) is 7.95. The normalized spacial score (nSPS) is 13.2. The van der Waals surface area contributed by atoms with Gasteiger partial charge in [0.15, 0.2) is 0 Å². The van der Waals surface area contributed by atoms with Crippen molar-refractivity contribution < 1.29 is 4.74 Å². The van der Waals surface area contributed by atoms with E-state index < -0.39 is 0 Å². The van der Waals surface area contributed by atoms with Crippen molar-refractivity contribution in [2.75, 3.05) is 13.2 Å². The van der Waals surface area contributed by atoms with Crippen LogP contribution < -0.4 is 10.5 Å². The van der Waals surface area contributed by atoms with Crippen molar-refractivity contribution in [2.24, 2.45) is 5.73 Å². The molecule has 0 fully saturated rings. The maximum atomic E-state index is 5.97. The zero-order valence-corrected chi connectivity index (χ0v) is 15.2. The van der Waals surface area contributed by atoms with Gasteiger partial charge < -0.3 is 10.5 Å². The third-order valence-electron chi connectivity index (χ3n) is 4.14. The largest absolute Gasteiger partial charge is 0.493 e. The third-order valence-corrected chi connectivity index (χ3v) is 4.14. The first-order chi connectivity index (χ1) is 10.4. The predicted molar refractivity (Wildman–Crippen MR) is 96.9 cm³/mol. The third kappa shape index (κ3) is 5.64. The molecule has 0 aliphatic carbocycles. The average Bonchev–Trinajstić information content (AvgIpc) is 2.48. The number of hydrogen-bond donors (Lipinski definition) is 1. The van der Waals surface area contributed by atoms with Crippen molar-refractivity contribution in [3.8, 4) is 5.75 Å². The lowest BCUT2D eigenvalue weighted by molar-refractivity contribution is 0.308. The number of benzene rings is 1. The summed E-state index contributed by atoms with van der Waals surface area (Å²) >= 11 is 0. The van der Waals surface area contributed by atoms with Gasteiger partial charge in [-0.25, -0.2) is 0 Å². The Labute approximate surface area is 137 Å². The van der Waals surface area contributed by atoms with Crippen molar-refractivity contribution in [1.29, 1.82) is 0 Å². The topological polar surface area (TPSA) is 35.2 Å². The van der Waals surface area contributed by atoms with Gasteiger partial charge in [-0.3, -0.25) is 0 Å². The summed E-state index contributed by atoms with van der Waals surface area (Å²) in [5.41, 5.74) is 8.58. The van der Waals surface area contributed by atoms with E-state index in [0.29, 0.717) is 5.92 Å². The predicted octanol–water partition coefficient (Wildman–Crippen LogP) is 5.40. The van der Waals surface area contributed by atoms with Gasteiger partial charge in [0, 0.05) is 0 Å². The van der Waals surface area contributed by atoms with Crippen molar-refractivity contribution >= 4 is 0 Å². The standard InChI is InChI=1S/C20H35NO/c1-6-9-16(10-8-13-21)17-11-12-19(22-14-7-2)18(15-17)20(3,4)5/h11-12,15-16H,6-10,13-14,21H2,1-5H3. The molecule has 0 heterocycles. The van der Waals surface area contributed by atoms with E-state index in [9.17, 15) is 0 Å². The molecule has 0 bridgehead atoms. The van der Waals surface area contributed by atoms with Gasteiger partial charge in [-0.15, -0.1) is 0 Å². The van der Waals surface area contributed by atoms with E-state index in [-0.39, 0.29) is 5.41 Å². The second-order valence-electron chi connectivity index (χ2n) is 7.27. The van der Waals surface area contributed by atoms with E-state index in [1.807, 2.05) is 0 Å². The van der Waals surface area contributed by atoms with Crippen molar-refractivity contribution in [1.82, 2.24) is 0 Å². The SMILES string of the molecule is CCCOc1ccc(C(CCC)CCCN)cc1C(C)(C)C. The van der Waals surface area contributed by atoms with E-state index in [1.165, 1.54) is 30.4 Å². The molecule has 0 radical (unpaired) electrons. The summed E-state index contributed by atoms with van der Waals surface area (Å²) in [6.45, 7) is 12.8. The van der Waals surface area contributed by atoms with Gasteiger partial charge in [-0.1, -0.05) is 53.2 Å². The van der Waals surface area contributed by atoms with Crippen LogP contribution in [0.1, 0.15) is 83.8 Å². The van der Waals surface area contributed by atoms with E-state index >= 15 is 0 Å². The minimum atomic E-state index is 0.101. The van der Waals surface area contributed by atoms with Gasteiger partial charge in [-0.2, -0.15) is 0 Å². The smallest absolute Gasteiger partial charge is 0.123 e. The van der Waals surface area contributed by atoms with Crippen LogP contribution in [0.4, 0.5) is 0 Å². The Morgan fingerprint density at radius 1 is 1.09 bits per heavy atom. The summed E-state index contributed by atoms with van der Waals surface area (Å²) in [6, 6.07) is 6.82. The van der Waals surface area contributed by atoms with Crippen LogP contribution in [0.15, 0.2) is 18.2 Å². The lowest BCUT2D eigenvalue weighted by Crippen LogP contribution is -2.15. The van der Waals surface area contributed by atoms with E-state index in [4.69, 9.17) is 10.5 Å². The molecule has 0 amide bonds. The van der Waals surface area contributed by atoms with Crippen LogP contribution >= 0.6 is 0 Å². The molecule has 2 N–H and O–H groups in total. The van der Waals surface area contributed by atoms with E-state index in [1.54, 1.807) is 0 Å². The Balaban J connectivity index is 3.09. The zero-order valence-electron chi connectivity index (χ0n) is 15.2. The van der Waals surface area contributed by atoms with Crippen LogP contribution in [0.25, 0.3) is 0 Å². The summed E-state index contributed by atoms with van der Waals surface area (Å²) in [5, 5.41) is 0. The van der Waals surface area contributed by atoms with E-state index in [0.717, 1.165) is 31.7 Å². The lowest BCUT2D eigenvalue weighted by Gasteiger charge is -2.26. The molecule has 1 rings (SSSR count). The molecular formula is C20H35NO. The Morgan fingerprint density at radius 3 is 2.36 bits per heavy atom. The lowest BCUT2D eigenvalue weighted by atomic mass is 9.82. The highest BCUT2D eigenvalue weighted by atomic mass is 16.5. The fourth-order valence-corrected chi connectivity index (χ4v) is 2.92. The average molecular weight is 306 g/mol. The molecule has 2 nitrogen and oxygen atoms in total. The molecule has 126 valence electrons. The monoisotopic (exact) mass is 305 g/mol. The number of nitrogens with two attached hydrogens (primary N) is 1. The quantitative estimate of drug-likeness (QED) is 0.663. The summed E-state index contributed by atoms with van der Waals surface area (Å²) in [7, 11) is 0. The maximum absolute atomic E-state index is 5.97. The molecule has 0 aromatic heterocycles. The fraction of sp³-hybridized carbons (Fsp3) is 0.700. The summed E-state index contributed by atoms with van der Waals surface area (Å²) in [4.78, 5) is 0. The van der Waals surface area contributed by atoms with Crippen LogP contribution in [0.5, 0.6) is 5.75 Å². The number of hydrogen-bond acceptors (Lipinski definition) is 2. The van der Waals surface area contributed by atoms with Gasteiger partial charge in [0.05, 0.1) is 6.61 Å². The van der Waals surface area contributed by atoms with Crippen LogP contribution in [0, 0.1) is 0 Å². The number of rotatable bonds is 9. The van der Waals surface area contributed by atoms with Gasteiger partial charge in [0.25, 0.3) is 0 Å². The molecular weight excluding hydrogens is 270 g/mol. The van der Waals surface area contributed by atoms with Crippen LogP contribution in [0.3, 0.4) is 0 Å². The van der Waals surface area contributed by atoms with Crippen molar-refractivity contribution in [2.45, 2.75) is 78.1 Å². The molecule has 0 saturated heterocycles. The second-order valence-corrected chi connectivity index (χ2v) is 7.27. The highest BCUT2D eigenvalue weighted by Crippen LogP contribution is 2.36. The van der Waals surface area contributed by atoms with Crippen molar-refractivity contribution in [3.05, 3.63) is 29.3 Å². The van der Waals surface area contributed by atoms with Gasteiger partial charge in [-0.05, 0) is 60.8 Å². The van der Waals surface area contributed by atoms with Gasteiger partial charge in [0.1, 0.15) is 5.75 Å². The Morgan fingerprint density at radius 2 is 1.82 bits per heavy atom. The van der Waals surface area contributed by atoms with Crippen LogP contribution in [0.2, 0.25) is 0 Å². The number of ether oxygens (including phenoxy) is 1. The highest BCUT2D eigenvalue weighted by Gasteiger charge is 2.21. The minimum absolute atomic E-state index is 0.101. The first kappa shape index (κ1) is 19.0. The molecule has 0 saturated carbocycles. The van der Waals surface area contributed by atoms with Crippen LogP contribution in [-0.2, 0) is 5.41 Å². The maximum Gasteiger partial charge on any atom is 0.123 e. The van der Waals surface area contributed by atoms with E-state index in [2.05, 4.69) is 52.8 Å². The second kappa shape index (κ2) is 9.19. The molecule has 0 spiro atoms. The first-order valence-corrected chi connectivity index (χ1v) is 8.91. The van der Waals surface area contributed by atoms with Crippen LogP contribution in [-0.4, -0.2) is 13.2 Å². The first-order valence-electron chi connectivity index (χ1n) is 8.91. The molecule has 22 heavy (non-hydrogen) atoms. The Hall–Kier alpha value is -1.02. The van der Waals surface area contributed by atoms with Gasteiger partial charge in [0.2, 0.25) is 0 Å². The molecule has 1 unspecified atom stereocenters. The zero-order chi connectivity index (χ0) is 16.6. The summed E-state index contributed by atoms with van der Waals surface area (Å²) < 4.78 is 5.97. The molecule has 1 aromatic carbocycles. The molecule has 1 atom stereocenters. The Bertz CT molecular complexity index is 434. The molecule has 2 heteroatoms. The summed E-state index contributed by atoms with van der Waals surface area (Å²) in [5.74, 6) is 1.67.